The van der Waals surface area contributed by atoms with Crippen LogP contribution < -0.4 is 5.73 Å². The second-order valence-corrected chi connectivity index (χ2v) is 1.99. The van der Waals surface area contributed by atoms with Crippen molar-refractivity contribution in [1.82, 2.24) is 0 Å². The molecule has 0 fully saturated rings. The smallest absolute Gasteiger partial charge is 0.362 e. The summed E-state index contributed by atoms with van der Waals surface area (Å²) in [6.45, 7) is 1.72. The second kappa shape index (κ2) is 5.82. The third-order valence-electron chi connectivity index (χ3n) is 0.557. The maximum absolute atomic E-state index is 10.7. The van der Waals surface area contributed by atoms with Crippen molar-refractivity contribution >= 4 is 22.8 Å². The van der Waals surface area contributed by atoms with E-state index in [4.69, 9.17) is 16.4 Å². The molecule has 0 spiro atoms. The van der Waals surface area contributed by atoms with Crippen LogP contribution in [0.1, 0.15) is 13.3 Å². The Morgan fingerprint density at radius 1 is 1.42 bits per heavy atom. The zero-order valence-electron chi connectivity index (χ0n) is 6.11. The molecular formula is C5H7ClF3NO2. The number of hydrogen-bond acceptors (Lipinski definition) is 2. The van der Waals surface area contributed by atoms with E-state index in [2.05, 4.69) is 5.73 Å². The van der Waals surface area contributed by atoms with E-state index in [0.717, 1.165) is 0 Å². The molecule has 7 heteroatoms. The highest BCUT2D eigenvalue weighted by atomic mass is 35.5. The van der Waals surface area contributed by atoms with Crippen LogP contribution in [0.15, 0.2) is 0 Å². The van der Waals surface area contributed by atoms with Gasteiger partial charge in [0.25, 0.3) is 0 Å². The van der Waals surface area contributed by atoms with Gasteiger partial charge in [-0.1, -0.05) is 6.92 Å². The van der Waals surface area contributed by atoms with Crippen molar-refractivity contribution in [2.75, 3.05) is 0 Å². The van der Waals surface area contributed by atoms with Gasteiger partial charge in [0.15, 0.2) is 0 Å². The van der Waals surface area contributed by atoms with Gasteiger partial charge in [0.1, 0.15) is 0 Å². The minimum Gasteiger partial charge on any atom is -0.362 e. The molecule has 3 nitrogen and oxygen atoms in total. The van der Waals surface area contributed by atoms with Gasteiger partial charge in [0, 0.05) is 6.42 Å². The molecule has 0 aromatic rings. The van der Waals surface area contributed by atoms with Crippen LogP contribution in [0.4, 0.5) is 13.2 Å². The van der Waals surface area contributed by atoms with E-state index >= 15 is 0 Å². The first kappa shape index (κ1) is 13.8. The van der Waals surface area contributed by atoms with Crippen molar-refractivity contribution < 1.29 is 22.8 Å². The molecule has 0 rings (SSSR count). The van der Waals surface area contributed by atoms with E-state index in [1.165, 1.54) is 0 Å². The van der Waals surface area contributed by atoms with Crippen LogP contribution in [0.25, 0.3) is 0 Å². The number of nitrogens with two attached hydrogens (primary N) is 1. The van der Waals surface area contributed by atoms with Gasteiger partial charge in [-0.15, -0.1) is 0 Å². The molecule has 0 aliphatic carbocycles. The van der Waals surface area contributed by atoms with E-state index in [-0.39, 0.29) is 5.24 Å². The second-order valence-electron chi connectivity index (χ2n) is 1.57. The van der Waals surface area contributed by atoms with E-state index in [1.54, 1.807) is 6.92 Å². The average molecular weight is 206 g/mol. The number of halogens is 4. The molecule has 12 heavy (non-hydrogen) atoms. The van der Waals surface area contributed by atoms with Gasteiger partial charge in [-0.2, -0.15) is 13.2 Å². The van der Waals surface area contributed by atoms with Gasteiger partial charge in [0.05, 0.1) is 0 Å². The number of hydrogen-bond donors (Lipinski definition) is 1. The lowest BCUT2D eigenvalue weighted by atomic mass is 10.6. The zero-order valence-corrected chi connectivity index (χ0v) is 6.87. The summed E-state index contributed by atoms with van der Waals surface area (Å²) in [5.74, 6) is -2.26. The van der Waals surface area contributed by atoms with Gasteiger partial charge < -0.3 is 5.73 Å². The highest BCUT2D eigenvalue weighted by Gasteiger charge is 2.35. The number of carbonyl (C=O) groups excluding carboxylic acids is 2. The largest absolute Gasteiger partial charge is 0.470 e. The molecule has 0 aromatic carbocycles. The summed E-state index contributed by atoms with van der Waals surface area (Å²) < 4.78 is 32.1. The Labute approximate surface area is 71.7 Å². The van der Waals surface area contributed by atoms with Crippen LogP contribution >= 0.6 is 11.6 Å². The van der Waals surface area contributed by atoms with Crippen LogP contribution in [0, 0.1) is 0 Å². The van der Waals surface area contributed by atoms with Gasteiger partial charge in [-0.25, -0.2) is 0 Å². The number of alkyl halides is 3. The summed E-state index contributed by atoms with van der Waals surface area (Å²) >= 11 is 4.82. The summed E-state index contributed by atoms with van der Waals surface area (Å²) in [6, 6.07) is 0. The standard InChI is InChI=1S/C3H5ClO.C2H2F3NO/c1-2-3(4)5;3-2(4,5)1(6)7/h2H2,1H3;(H2,6,7). The van der Waals surface area contributed by atoms with Crippen molar-refractivity contribution in [2.24, 2.45) is 5.73 Å². The Morgan fingerprint density at radius 3 is 1.58 bits per heavy atom. The number of carbonyl (C=O) groups is 2. The number of amides is 1. The van der Waals surface area contributed by atoms with Crippen molar-refractivity contribution in [2.45, 2.75) is 19.5 Å². The molecule has 0 aliphatic heterocycles. The topological polar surface area (TPSA) is 60.2 Å². The molecule has 0 saturated carbocycles. The molecule has 1 amide bonds. The van der Waals surface area contributed by atoms with E-state index in [9.17, 15) is 18.0 Å². The predicted octanol–water partition coefficient (Wildman–Crippen LogP) is 1.20. The normalized spacial score (nSPS) is 9.75. The Morgan fingerprint density at radius 2 is 1.58 bits per heavy atom. The maximum atomic E-state index is 10.7. The number of primary amides is 1. The van der Waals surface area contributed by atoms with Crippen LogP contribution in [0.3, 0.4) is 0 Å². The van der Waals surface area contributed by atoms with Crippen molar-refractivity contribution in [1.29, 1.82) is 0 Å². The van der Waals surface area contributed by atoms with Gasteiger partial charge in [-0.3, -0.25) is 9.59 Å². The molecule has 0 bridgehead atoms. The molecule has 0 aliphatic rings. The van der Waals surface area contributed by atoms with Crippen LogP contribution in [0.2, 0.25) is 0 Å². The Kier molecular flexibility index (Phi) is 6.68. The van der Waals surface area contributed by atoms with Crippen LogP contribution in [-0.4, -0.2) is 17.3 Å². The zero-order chi connectivity index (χ0) is 10.4. The van der Waals surface area contributed by atoms with Gasteiger partial charge in [-0.05, 0) is 11.6 Å². The third-order valence-corrected chi connectivity index (χ3v) is 0.825. The first-order valence-corrected chi connectivity index (χ1v) is 3.14. The highest BCUT2D eigenvalue weighted by Crippen LogP contribution is 2.11. The summed E-state index contributed by atoms with van der Waals surface area (Å²) in [7, 11) is 0. The first-order valence-electron chi connectivity index (χ1n) is 2.76. The molecule has 0 aromatic heterocycles. The fourth-order valence-electron chi connectivity index (χ4n) is 0. The summed E-state index contributed by atoms with van der Waals surface area (Å²) in [5.41, 5.74) is 3.81. The lowest BCUT2D eigenvalue weighted by molar-refractivity contribution is -0.169. The lowest BCUT2D eigenvalue weighted by Gasteiger charge is -1.95. The molecular weight excluding hydrogens is 199 g/mol. The minimum atomic E-state index is -4.86. The van der Waals surface area contributed by atoms with Crippen LogP contribution in [0.5, 0.6) is 0 Å². The molecule has 0 heterocycles. The Hall–Kier alpha value is -0.780. The summed E-state index contributed by atoms with van der Waals surface area (Å²) in [4.78, 5) is 18.7. The Balaban J connectivity index is 0. The van der Waals surface area contributed by atoms with E-state index in [0.29, 0.717) is 6.42 Å². The third kappa shape index (κ3) is 12.0. The van der Waals surface area contributed by atoms with E-state index < -0.39 is 12.1 Å². The first-order chi connectivity index (χ1) is 5.21. The van der Waals surface area contributed by atoms with Gasteiger partial charge >= 0.3 is 12.1 Å². The molecule has 0 radical (unpaired) electrons. The quantitative estimate of drug-likeness (QED) is 0.654. The van der Waals surface area contributed by atoms with Gasteiger partial charge in [0.2, 0.25) is 5.24 Å². The lowest BCUT2D eigenvalue weighted by Crippen LogP contribution is -2.30. The fraction of sp³-hybridized carbons (Fsp3) is 0.600. The fourth-order valence-corrected chi connectivity index (χ4v) is 0. The highest BCUT2D eigenvalue weighted by molar-refractivity contribution is 6.63. The van der Waals surface area contributed by atoms with Crippen molar-refractivity contribution in [3.05, 3.63) is 0 Å². The van der Waals surface area contributed by atoms with Crippen molar-refractivity contribution in [3.8, 4) is 0 Å². The average Bonchev–Trinajstić information content (AvgIpc) is 1.87. The molecule has 0 unspecified atom stereocenters. The SMILES string of the molecule is CCC(=O)Cl.NC(=O)C(F)(F)F. The number of rotatable bonds is 1. The van der Waals surface area contributed by atoms with Crippen molar-refractivity contribution in [3.63, 3.8) is 0 Å². The molecule has 0 saturated heterocycles. The monoisotopic (exact) mass is 205 g/mol. The molecule has 2 N–H and O–H groups in total. The van der Waals surface area contributed by atoms with Crippen LogP contribution in [-0.2, 0) is 9.59 Å². The molecule has 0 atom stereocenters. The Bertz CT molecular complexity index is 169. The minimum absolute atomic E-state index is 0.273. The predicted molar refractivity (Wildman–Crippen MR) is 36.4 cm³/mol. The summed E-state index contributed by atoms with van der Waals surface area (Å²) in [5, 5.41) is -0.273. The van der Waals surface area contributed by atoms with E-state index in [1.807, 2.05) is 0 Å². The maximum Gasteiger partial charge on any atom is 0.470 e. The molecule has 72 valence electrons. The summed E-state index contributed by atoms with van der Waals surface area (Å²) in [6.07, 6.45) is -4.43.